The van der Waals surface area contributed by atoms with E-state index in [1.807, 2.05) is 76.3 Å². The molecule has 0 bridgehead atoms. The third-order valence-electron chi connectivity index (χ3n) is 6.33. The fraction of sp³-hybridized carbons (Fsp3) is 0.444. The molecule has 0 spiro atoms. The van der Waals surface area contributed by atoms with Gasteiger partial charge in [0.2, 0.25) is 0 Å². The van der Waals surface area contributed by atoms with Gasteiger partial charge in [-0.25, -0.2) is 0 Å². The van der Waals surface area contributed by atoms with Crippen LogP contribution in [0.3, 0.4) is 0 Å². The number of aliphatic hydroxyl groups is 4. The van der Waals surface area contributed by atoms with Gasteiger partial charge in [-0.15, -0.1) is 0 Å². The highest BCUT2D eigenvalue weighted by Crippen LogP contribution is 2.27. The van der Waals surface area contributed by atoms with E-state index in [9.17, 15) is 20.4 Å². The van der Waals surface area contributed by atoms with Crippen molar-refractivity contribution in [3.63, 3.8) is 0 Å². The smallest absolute Gasteiger partial charge is 0.187 e. The predicted molar refractivity (Wildman–Crippen MR) is 174 cm³/mol. The Labute approximate surface area is 253 Å². The van der Waals surface area contributed by atoms with Crippen LogP contribution in [0, 0.1) is 0 Å². The molecule has 1 aliphatic heterocycles. The summed E-state index contributed by atoms with van der Waals surface area (Å²) < 4.78 is 11.3. The molecule has 6 heteroatoms. The molecule has 1 rings (SSSR count). The first-order valence-electron chi connectivity index (χ1n) is 14.4. The standard InChI is InChI=1S/C36H52O6/c1-26(2)15-11-18-27(3)16-9-10-17-28(4)19-12-20-29(5)21-13-22-30(6)23-14-24-36(7,8)42-35-34(40)33(39)32(38)31(25-37)41-35/h9-23,31-35,37-40H,24-25H2,1-8H3/b10-9+,18-11+,19-12+,21-13+,23-14+,27-16+,28-17+,29-20+,30-22+/t31-,32-,33+,34-,35-/m1/s1. The Morgan fingerprint density at radius 1 is 0.643 bits per heavy atom. The topological polar surface area (TPSA) is 99.4 Å². The van der Waals surface area contributed by atoms with E-state index in [4.69, 9.17) is 9.47 Å². The molecule has 6 nitrogen and oxygen atoms in total. The van der Waals surface area contributed by atoms with E-state index in [-0.39, 0.29) is 0 Å². The molecule has 1 saturated heterocycles. The second kappa shape index (κ2) is 19.4. The average molecular weight is 581 g/mol. The average Bonchev–Trinajstić information content (AvgIpc) is 2.91. The number of aliphatic hydroxyl groups excluding tert-OH is 4. The zero-order valence-electron chi connectivity index (χ0n) is 26.6. The molecule has 1 heterocycles. The third kappa shape index (κ3) is 15.4. The molecule has 0 amide bonds. The normalized spacial score (nSPS) is 25.7. The molecule has 232 valence electrons. The van der Waals surface area contributed by atoms with Crippen molar-refractivity contribution < 1.29 is 29.9 Å². The highest BCUT2D eigenvalue weighted by molar-refractivity contribution is 5.32. The van der Waals surface area contributed by atoms with Gasteiger partial charge in [0.15, 0.2) is 6.29 Å². The van der Waals surface area contributed by atoms with Crippen LogP contribution in [0.5, 0.6) is 0 Å². The van der Waals surface area contributed by atoms with Crippen molar-refractivity contribution in [3.05, 3.63) is 119 Å². The highest BCUT2D eigenvalue weighted by Gasteiger charge is 2.45. The maximum atomic E-state index is 10.2. The fourth-order valence-electron chi connectivity index (χ4n) is 3.79. The van der Waals surface area contributed by atoms with Gasteiger partial charge in [0.05, 0.1) is 12.2 Å². The summed E-state index contributed by atoms with van der Waals surface area (Å²) >= 11 is 0. The first-order chi connectivity index (χ1) is 19.8. The molecule has 42 heavy (non-hydrogen) atoms. The highest BCUT2D eigenvalue weighted by atomic mass is 16.7. The predicted octanol–water partition coefficient (Wildman–Crippen LogP) is 6.50. The van der Waals surface area contributed by atoms with Crippen molar-refractivity contribution in [1.29, 1.82) is 0 Å². The van der Waals surface area contributed by atoms with Crippen LogP contribution in [0.2, 0.25) is 0 Å². The van der Waals surface area contributed by atoms with Crippen LogP contribution in [-0.2, 0) is 9.47 Å². The minimum atomic E-state index is -1.46. The molecule has 0 aromatic rings. The molecule has 4 N–H and O–H groups in total. The Balaban J connectivity index is 2.59. The first kappa shape index (κ1) is 37.2. The molecule has 1 aliphatic rings. The molecule has 0 aliphatic carbocycles. The minimum Gasteiger partial charge on any atom is -0.394 e. The summed E-state index contributed by atoms with van der Waals surface area (Å²) in [6.45, 7) is 15.6. The lowest BCUT2D eigenvalue weighted by atomic mass is 9.98. The Hall–Kier alpha value is -2.84. The maximum Gasteiger partial charge on any atom is 0.187 e. The number of rotatable bonds is 14. The Kier molecular flexibility index (Phi) is 17.1. The zero-order valence-corrected chi connectivity index (χ0v) is 26.6. The van der Waals surface area contributed by atoms with Crippen LogP contribution >= 0.6 is 0 Å². The minimum absolute atomic E-state index is 0.490. The van der Waals surface area contributed by atoms with Gasteiger partial charge in [-0.2, -0.15) is 0 Å². The Morgan fingerprint density at radius 3 is 1.57 bits per heavy atom. The van der Waals surface area contributed by atoms with Gasteiger partial charge >= 0.3 is 0 Å². The van der Waals surface area contributed by atoms with Gasteiger partial charge in [0.1, 0.15) is 24.4 Å². The van der Waals surface area contributed by atoms with Gasteiger partial charge in [-0.05, 0) is 61.8 Å². The molecule has 1 fully saturated rings. The molecule has 0 radical (unpaired) electrons. The lowest BCUT2D eigenvalue weighted by molar-refractivity contribution is -0.322. The van der Waals surface area contributed by atoms with Crippen molar-refractivity contribution in [1.82, 2.24) is 0 Å². The molecule has 5 atom stereocenters. The largest absolute Gasteiger partial charge is 0.394 e. The summed E-state index contributed by atoms with van der Waals surface area (Å²) in [5.41, 5.74) is 5.09. The third-order valence-corrected chi connectivity index (χ3v) is 6.33. The molecular formula is C36H52O6. The summed E-state index contributed by atoms with van der Waals surface area (Å²) in [5, 5.41) is 39.5. The SMILES string of the molecule is CC(C)=C/C=C/C(C)=C/C=C/C=C(C)/C=C/C=C(C)/C=C/C=C(C)/C=C/CC(C)(C)O[C@H]1O[C@H](CO)[C@@H](O)[C@H](O)[C@H]1O. The molecule has 0 unspecified atom stereocenters. The first-order valence-corrected chi connectivity index (χ1v) is 14.4. The van der Waals surface area contributed by atoms with Gasteiger partial charge in [-0.3, -0.25) is 0 Å². The summed E-state index contributed by atoms with van der Waals surface area (Å²) in [6.07, 6.45) is 24.8. The van der Waals surface area contributed by atoms with E-state index in [0.717, 1.165) is 16.7 Å². The van der Waals surface area contributed by atoms with Gasteiger partial charge in [0.25, 0.3) is 0 Å². The molecular weight excluding hydrogens is 528 g/mol. The van der Waals surface area contributed by atoms with Gasteiger partial charge in [0, 0.05) is 0 Å². The number of ether oxygens (including phenoxy) is 2. The van der Waals surface area contributed by atoms with Crippen LogP contribution in [0.1, 0.15) is 61.8 Å². The van der Waals surface area contributed by atoms with E-state index >= 15 is 0 Å². The maximum absolute atomic E-state index is 10.2. The summed E-state index contributed by atoms with van der Waals surface area (Å²) in [6, 6.07) is 0. The van der Waals surface area contributed by atoms with Crippen molar-refractivity contribution in [3.8, 4) is 0 Å². The van der Waals surface area contributed by atoms with E-state index in [0.29, 0.717) is 6.42 Å². The number of allylic oxidation sites excluding steroid dienone is 19. The molecule has 0 aromatic heterocycles. The number of hydrogen-bond donors (Lipinski definition) is 4. The van der Waals surface area contributed by atoms with Gasteiger partial charge in [-0.1, -0.05) is 119 Å². The second-order valence-electron chi connectivity index (χ2n) is 11.5. The molecule has 0 aromatic carbocycles. The summed E-state index contributed by atoms with van der Waals surface area (Å²) in [5.74, 6) is 0. The summed E-state index contributed by atoms with van der Waals surface area (Å²) in [4.78, 5) is 0. The van der Waals surface area contributed by atoms with Crippen LogP contribution < -0.4 is 0 Å². The van der Waals surface area contributed by atoms with Crippen molar-refractivity contribution in [2.75, 3.05) is 6.61 Å². The lowest BCUT2D eigenvalue weighted by Gasteiger charge is -2.42. The van der Waals surface area contributed by atoms with Crippen molar-refractivity contribution in [2.24, 2.45) is 0 Å². The van der Waals surface area contributed by atoms with E-state index < -0.39 is 42.9 Å². The van der Waals surface area contributed by atoms with Crippen LogP contribution in [0.4, 0.5) is 0 Å². The molecule has 0 saturated carbocycles. The summed E-state index contributed by atoms with van der Waals surface area (Å²) in [7, 11) is 0. The zero-order chi connectivity index (χ0) is 31.7. The fourth-order valence-corrected chi connectivity index (χ4v) is 3.79. The lowest BCUT2D eigenvalue weighted by Crippen LogP contribution is -2.60. The van der Waals surface area contributed by atoms with E-state index in [1.54, 1.807) is 0 Å². The number of hydrogen-bond acceptors (Lipinski definition) is 6. The van der Waals surface area contributed by atoms with E-state index in [1.165, 1.54) is 11.1 Å². The quantitative estimate of drug-likeness (QED) is 0.175. The Morgan fingerprint density at radius 2 is 1.10 bits per heavy atom. The Bertz CT molecular complexity index is 1130. The van der Waals surface area contributed by atoms with Gasteiger partial charge < -0.3 is 29.9 Å². The second-order valence-corrected chi connectivity index (χ2v) is 11.5. The monoisotopic (exact) mass is 580 g/mol. The van der Waals surface area contributed by atoms with Crippen molar-refractivity contribution in [2.45, 2.75) is 98.1 Å². The van der Waals surface area contributed by atoms with Crippen LogP contribution in [-0.4, -0.2) is 63.3 Å². The van der Waals surface area contributed by atoms with Crippen LogP contribution in [0.25, 0.3) is 0 Å². The van der Waals surface area contributed by atoms with E-state index in [2.05, 4.69) is 70.2 Å². The van der Waals surface area contributed by atoms with Crippen LogP contribution in [0.15, 0.2) is 119 Å². The van der Waals surface area contributed by atoms with Crippen molar-refractivity contribution >= 4 is 0 Å².